The van der Waals surface area contributed by atoms with Crippen LogP contribution in [0.25, 0.3) is 0 Å². The summed E-state index contributed by atoms with van der Waals surface area (Å²) in [6, 6.07) is 8.54. The van der Waals surface area contributed by atoms with Crippen LogP contribution < -0.4 is 5.32 Å². The number of aromatic nitrogens is 1. The molecule has 0 aliphatic carbocycles. The summed E-state index contributed by atoms with van der Waals surface area (Å²) in [6.45, 7) is 7.24. The van der Waals surface area contributed by atoms with E-state index in [2.05, 4.69) is 10.3 Å². The Kier molecular flexibility index (Phi) is 6.36. The summed E-state index contributed by atoms with van der Waals surface area (Å²) in [5, 5.41) is 3.42. The highest BCUT2D eigenvalue weighted by Gasteiger charge is 2.34. The number of likely N-dealkylation sites (tertiary alicyclic amines) is 1. The van der Waals surface area contributed by atoms with Gasteiger partial charge in [-0.25, -0.2) is 4.79 Å². The fraction of sp³-hybridized carbons (Fsp3) is 0.455. The van der Waals surface area contributed by atoms with Crippen molar-refractivity contribution >= 4 is 6.09 Å². The lowest BCUT2D eigenvalue weighted by Gasteiger charge is -2.40. The third-order valence-electron chi connectivity index (χ3n) is 4.81. The van der Waals surface area contributed by atoms with Crippen LogP contribution in [-0.2, 0) is 10.9 Å². The molecule has 1 aliphatic heterocycles. The van der Waals surface area contributed by atoms with Crippen molar-refractivity contribution < 1.29 is 22.7 Å². The molecule has 1 aliphatic rings. The second kappa shape index (κ2) is 8.63. The Balaban J connectivity index is 1.64. The molecule has 2 aromatic rings. The first-order valence-corrected chi connectivity index (χ1v) is 9.81. The van der Waals surface area contributed by atoms with E-state index >= 15 is 0 Å². The first-order chi connectivity index (χ1) is 14.0. The fourth-order valence-corrected chi connectivity index (χ4v) is 3.30. The van der Waals surface area contributed by atoms with Gasteiger partial charge in [-0.15, -0.1) is 0 Å². The van der Waals surface area contributed by atoms with Gasteiger partial charge in [-0.1, -0.05) is 18.2 Å². The molecule has 1 atom stereocenters. The quantitative estimate of drug-likeness (QED) is 0.764. The second-order valence-electron chi connectivity index (χ2n) is 8.50. The minimum Gasteiger partial charge on any atom is -0.444 e. The number of nitrogens with zero attached hydrogens (tertiary/aromatic N) is 2. The molecule has 1 unspecified atom stereocenters. The molecule has 1 amide bonds. The molecule has 8 heteroatoms. The number of hydrogen-bond acceptors (Lipinski definition) is 4. The SMILES string of the molecule is CC(C)(C)OC(=O)N1CC(CNC(c2ccc(C(F)(F)F)cc2)c2cccnc2)C1. The van der Waals surface area contributed by atoms with Gasteiger partial charge in [0, 0.05) is 37.9 Å². The molecular formula is C22H26F3N3O2. The van der Waals surface area contributed by atoms with Crippen molar-refractivity contribution in [3.63, 3.8) is 0 Å². The maximum absolute atomic E-state index is 12.9. The average molecular weight is 421 g/mol. The highest BCUT2D eigenvalue weighted by molar-refractivity contribution is 5.69. The smallest absolute Gasteiger partial charge is 0.416 e. The topological polar surface area (TPSA) is 54.5 Å². The van der Waals surface area contributed by atoms with Gasteiger partial charge in [-0.05, 0) is 50.1 Å². The van der Waals surface area contributed by atoms with E-state index < -0.39 is 17.3 Å². The predicted octanol–water partition coefficient (Wildman–Crippen LogP) is 4.65. The third-order valence-corrected chi connectivity index (χ3v) is 4.81. The van der Waals surface area contributed by atoms with Crippen LogP contribution in [0.3, 0.4) is 0 Å². The van der Waals surface area contributed by atoms with Crippen LogP contribution in [0.4, 0.5) is 18.0 Å². The van der Waals surface area contributed by atoms with Crippen LogP contribution in [0.5, 0.6) is 0 Å². The Morgan fingerprint density at radius 3 is 2.37 bits per heavy atom. The number of pyridine rings is 1. The Hall–Kier alpha value is -2.61. The van der Waals surface area contributed by atoms with E-state index in [1.54, 1.807) is 23.4 Å². The molecule has 0 saturated carbocycles. The van der Waals surface area contributed by atoms with Gasteiger partial charge in [-0.3, -0.25) is 4.98 Å². The van der Waals surface area contributed by atoms with E-state index in [1.165, 1.54) is 12.1 Å². The molecule has 1 N–H and O–H groups in total. The van der Waals surface area contributed by atoms with E-state index in [9.17, 15) is 18.0 Å². The minimum absolute atomic E-state index is 0.242. The second-order valence-corrected chi connectivity index (χ2v) is 8.50. The number of nitrogens with one attached hydrogen (secondary N) is 1. The molecule has 0 spiro atoms. The zero-order valence-electron chi connectivity index (χ0n) is 17.2. The number of benzene rings is 1. The molecule has 1 aromatic carbocycles. The number of ether oxygens (including phenoxy) is 1. The van der Waals surface area contributed by atoms with Gasteiger partial charge in [0.05, 0.1) is 11.6 Å². The summed E-state index contributed by atoms with van der Waals surface area (Å²) in [4.78, 5) is 17.8. The van der Waals surface area contributed by atoms with E-state index in [0.717, 1.165) is 23.3 Å². The van der Waals surface area contributed by atoms with Crippen molar-refractivity contribution in [2.75, 3.05) is 19.6 Å². The number of hydrogen-bond donors (Lipinski definition) is 1. The molecule has 0 radical (unpaired) electrons. The zero-order chi connectivity index (χ0) is 21.9. The van der Waals surface area contributed by atoms with Crippen molar-refractivity contribution in [2.24, 2.45) is 5.92 Å². The largest absolute Gasteiger partial charge is 0.444 e. The molecule has 1 aromatic heterocycles. The molecule has 0 bridgehead atoms. The molecule has 162 valence electrons. The minimum atomic E-state index is -4.37. The Morgan fingerprint density at radius 2 is 1.83 bits per heavy atom. The number of alkyl halides is 3. The summed E-state index contributed by atoms with van der Waals surface area (Å²) < 4.78 is 44.0. The lowest BCUT2D eigenvalue weighted by molar-refractivity contribution is -0.137. The van der Waals surface area contributed by atoms with Gasteiger partial charge < -0.3 is 15.0 Å². The van der Waals surface area contributed by atoms with E-state index in [1.807, 2.05) is 26.8 Å². The predicted molar refractivity (Wildman–Crippen MR) is 107 cm³/mol. The summed E-state index contributed by atoms with van der Waals surface area (Å²) in [5.74, 6) is 0.242. The van der Waals surface area contributed by atoms with Gasteiger partial charge in [-0.2, -0.15) is 13.2 Å². The Morgan fingerprint density at radius 1 is 1.17 bits per heavy atom. The summed E-state index contributed by atoms with van der Waals surface area (Å²) in [5.41, 5.74) is 0.372. The van der Waals surface area contributed by atoms with Crippen LogP contribution in [0, 0.1) is 5.92 Å². The van der Waals surface area contributed by atoms with Gasteiger partial charge >= 0.3 is 12.3 Å². The van der Waals surface area contributed by atoms with Crippen LogP contribution in [0.1, 0.15) is 43.5 Å². The van der Waals surface area contributed by atoms with Crippen LogP contribution in [-0.4, -0.2) is 41.2 Å². The maximum atomic E-state index is 12.9. The van der Waals surface area contributed by atoms with Crippen molar-refractivity contribution in [2.45, 2.75) is 38.6 Å². The first kappa shape index (κ1) is 22.1. The van der Waals surface area contributed by atoms with E-state index in [-0.39, 0.29) is 18.1 Å². The monoisotopic (exact) mass is 421 g/mol. The molecule has 30 heavy (non-hydrogen) atoms. The summed E-state index contributed by atoms with van der Waals surface area (Å²) in [7, 11) is 0. The zero-order valence-corrected chi connectivity index (χ0v) is 17.2. The van der Waals surface area contributed by atoms with E-state index in [0.29, 0.717) is 19.6 Å². The molecule has 5 nitrogen and oxygen atoms in total. The summed E-state index contributed by atoms with van der Waals surface area (Å²) >= 11 is 0. The molecule has 1 saturated heterocycles. The van der Waals surface area contributed by atoms with Crippen molar-refractivity contribution in [3.8, 4) is 0 Å². The van der Waals surface area contributed by atoms with Gasteiger partial charge in [0.2, 0.25) is 0 Å². The number of amides is 1. The lowest BCUT2D eigenvalue weighted by Crippen LogP contribution is -2.54. The molecule has 2 heterocycles. The van der Waals surface area contributed by atoms with Crippen molar-refractivity contribution in [1.82, 2.24) is 15.2 Å². The van der Waals surface area contributed by atoms with Gasteiger partial charge in [0.1, 0.15) is 5.60 Å². The van der Waals surface area contributed by atoms with Gasteiger partial charge in [0.25, 0.3) is 0 Å². The highest BCUT2D eigenvalue weighted by Crippen LogP contribution is 2.31. The van der Waals surface area contributed by atoms with E-state index in [4.69, 9.17) is 4.74 Å². The average Bonchev–Trinajstić information content (AvgIpc) is 2.62. The first-order valence-electron chi connectivity index (χ1n) is 9.81. The van der Waals surface area contributed by atoms with Gasteiger partial charge in [0.15, 0.2) is 0 Å². The van der Waals surface area contributed by atoms with Crippen LogP contribution in [0.2, 0.25) is 0 Å². The van der Waals surface area contributed by atoms with Crippen molar-refractivity contribution in [1.29, 1.82) is 0 Å². The molecule has 1 fully saturated rings. The fourth-order valence-electron chi connectivity index (χ4n) is 3.30. The number of carbonyl (C=O) groups is 1. The third kappa shape index (κ3) is 5.72. The normalized spacial score (nSPS) is 16.1. The summed E-state index contributed by atoms with van der Waals surface area (Å²) in [6.07, 6.45) is -1.35. The number of carbonyl (C=O) groups excluding carboxylic acids is 1. The lowest BCUT2D eigenvalue weighted by atomic mass is 9.96. The van der Waals surface area contributed by atoms with Crippen LogP contribution >= 0.6 is 0 Å². The van der Waals surface area contributed by atoms with Crippen molar-refractivity contribution in [3.05, 3.63) is 65.5 Å². The number of halogens is 3. The molecule has 3 rings (SSSR count). The molecular weight excluding hydrogens is 395 g/mol. The maximum Gasteiger partial charge on any atom is 0.416 e. The standard InChI is InChI=1S/C22H26F3N3O2/c1-21(2,3)30-20(29)28-13-15(14-28)11-27-19(17-5-4-10-26-12-17)16-6-8-18(9-7-16)22(23,24)25/h4-10,12,15,19,27H,11,13-14H2,1-3H3. The Labute approximate surface area is 174 Å². The Bertz CT molecular complexity index is 843. The highest BCUT2D eigenvalue weighted by atomic mass is 19.4. The number of rotatable bonds is 5. The van der Waals surface area contributed by atoms with Crippen LogP contribution in [0.15, 0.2) is 48.8 Å².